The van der Waals surface area contributed by atoms with E-state index < -0.39 is 8.07 Å². The van der Waals surface area contributed by atoms with Gasteiger partial charge < -0.3 is 18.0 Å². The Morgan fingerprint density at radius 3 is 1.08 bits per heavy atom. The Morgan fingerprint density at radius 1 is 0.246 bits per heavy atom. The van der Waals surface area contributed by atoms with Crippen molar-refractivity contribution in [3.63, 3.8) is 0 Å². The minimum atomic E-state index is -3.01. The standard InChI is InChI=1S/C60H38N2O2Si/c1-3-15-41(16-4-1)65(42-17-5-2-6-18-42,43-29-31-55-49(37-43)45-19-7-11-23-53(45)61(55)39-27-33-59-51(35-39)47-21-9-13-25-57(47)63-59)44-30-32-56-50(38-44)46-20-8-12-24-54(46)62(56)40-28-34-60-52(36-40)48-22-10-14-26-58(48)64-60/h1-38H. The van der Waals surface area contributed by atoms with Crippen LogP contribution < -0.4 is 20.7 Å². The van der Waals surface area contributed by atoms with Crippen molar-refractivity contribution in [1.82, 2.24) is 9.13 Å². The van der Waals surface area contributed by atoms with Gasteiger partial charge in [-0.05, 0) is 93.5 Å². The normalized spacial score (nSPS) is 12.3. The highest BCUT2D eigenvalue weighted by molar-refractivity contribution is 7.20. The fourth-order valence-corrected chi connectivity index (χ4v) is 15.8. The number of benzene rings is 10. The van der Waals surface area contributed by atoms with Gasteiger partial charge in [-0.2, -0.15) is 0 Å². The molecule has 10 aromatic carbocycles. The molecule has 0 bridgehead atoms. The number of hydrogen-bond donors (Lipinski definition) is 0. The van der Waals surface area contributed by atoms with Crippen LogP contribution in [0.15, 0.2) is 239 Å². The zero-order valence-corrected chi connectivity index (χ0v) is 36.2. The largest absolute Gasteiger partial charge is 0.456 e. The number of nitrogens with zero attached hydrogens (tertiary/aromatic N) is 2. The van der Waals surface area contributed by atoms with Crippen molar-refractivity contribution < 1.29 is 8.83 Å². The summed E-state index contributed by atoms with van der Waals surface area (Å²) in [5.74, 6) is 0. The van der Waals surface area contributed by atoms with Crippen molar-refractivity contribution in [2.75, 3.05) is 0 Å². The van der Waals surface area contributed by atoms with Crippen LogP contribution >= 0.6 is 0 Å². The van der Waals surface area contributed by atoms with E-state index in [0.29, 0.717) is 0 Å². The molecule has 14 aromatic rings. The number of hydrogen-bond acceptors (Lipinski definition) is 2. The van der Waals surface area contributed by atoms with Crippen LogP contribution in [0, 0.1) is 0 Å². The summed E-state index contributed by atoms with van der Waals surface area (Å²) in [4.78, 5) is 0. The smallest absolute Gasteiger partial charge is 0.179 e. The average Bonchev–Trinajstić information content (AvgIpc) is 4.12. The van der Waals surface area contributed by atoms with Gasteiger partial charge in [0.05, 0.1) is 22.1 Å². The average molecular weight is 847 g/mol. The van der Waals surface area contributed by atoms with Crippen LogP contribution in [-0.4, -0.2) is 17.2 Å². The third-order valence-corrected chi connectivity index (χ3v) is 18.6. The predicted molar refractivity (Wildman–Crippen MR) is 273 cm³/mol. The van der Waals surface area contributed by atoms with E-state index in [-0.39, 0.29) is 0 Å². The predicted octanol–water partition coefficient (Wildman–Crippen LogP) is 13.1. The molecule has 4 heterocycles. The Labute approximate surface area is 374 Å². The van der Waals surface area contributed by atoms with E-state index in [1.165, 1.54) is 64.4 Å². The van der Waals surface area contributed by atoms with Crippen LogP contribution in [0.3, 0.4) is 0 Å². The van der Waals surface area contributed by atoms with Gasteiger partial charge in [0, 0.05) is 54.5 Å². The Bertz CT molecular complexity index is 3920. The Morgan fingerprint density at radius 2 is 0.615 bits per heavy atom. The first-order valence-corrected chi connectivity index (χ1v) is 24.2. The summed E-state index contributed by atoms with van der Waals surface area (Å²) in [5, 5.41) is 14.8. The molecule has 0 saturated carbocycles. The Hall–Kier alpha value is -8.38. The number of fused-ring (bicyclic) bond motifs is 12. The molecule has 0 aliphatic carbocycles. The van der Waals surface area contributed by atoms with Crippen LogP contribution in [0.4, 0.5) is 0 Å². The van der Waals surface area contributed by atoms with Crippen molar-refractivity contribution in [2.45, 2.75) is 0 Å². The first-order valence-electron chi connectivity index (χ1n) is 22.2. The monoisotopic (exact) mass is 846 g/mol. The van der Waals surface area contributed by atoms with Crippen LogP contribution in [0.25, 0.3) is 98.9 Å². The second-order valence-corrected chi connectivity index (χ2v) is 21.0. The highest BCUT2D eigenvalue weighted by atomic mass is 28.3. The summed E-state index contributed by atoms with van der Waals surface area (Å²) in [7, 11) is -3.01. The quantitative estimate of drug-likeness (QED) is 0.123. The fourth-order valence-electron chi connectivity index (χ4n) is 11.1. The van der Waals surface area contributed by atoms with Gasteiger partial charge in [0.1, 0.15) is 22.3 Å². The van der Waals surface area contributed by atoms with E-state index >= 15 is 0 Å². The van der Waals surface area contributed by atoms with Crippen LogP contribution in [0.5, 0.6) is 0 Å². The molecule has 304 valence electrons. The first kappa shape index (κ1) is 36.1. The van der Waals surface area contributed by atoms with Gasteiger partial charge >= 0.3 is 0 Å². The maximum atomic E-state index is 6.27. The number of aromatic nitrogens is 2. The van der Waals surface area contributed by atoms with Crippen LogP contribution in [0.1, 0.15) is 0 Å². The molecule has 0 saturated heterocycles. The first-order chi connectivity index (χ1) is 32.2. The van der Waals surface area contributed by atoms with Gasteiger partial charge in [-0.3, -0.25) is 0 Å². The van der Waals surface area contributed by atoms with Crippen molar-refractivity contribution in [3.8, 4) is 11.4 Å². The van der Waals surface area contributed by atoms with Crippen molar-refractivity contribution in [3.05, 3.63) is 231 Å². The third kappa shape index (κ3) is 5.18. The lowest BCUT2D eigenvalue weighted by molar-refractivity contribution is 0.668. The molecule has 0 N–H and O–H groups in total. The zero-order chi connectivity index (χ0) is 42.6. The Kier molecular flexibility index (Phi) is 7.68. The van der Waals surface area contributed by atoms with E-state index in [0.717, 1.165) is 55.3 Å². The molecule has 14 rings (SSSR count). The lowest BCUT2D eigenvalue weighted by Gasteiger charge is -2.34. The summed E-state index contributed by atoms with van der Waals surface area (Å²) in [6.07, 6.45) is 0. The summed E-state index contributed by atoms with van der Waals surface area (Å²) >= 11 is 0. The molecule has 0 aliphatic heterocycles. The number of para-hydroxylation sites is 4. The summed E-state index contributed by atoms with van der Waals surface area (Å²) < 4.78 is 17.4. The van der Waals surface area contributed by atoms with Gasteiger partial charge in [-0.15, -0.1) is 0 Å². The molecule has 0 spiro atoms. The fraction of sp³-hybridized carbons (Fsp3) is 0. The van der Waals surface area contributed by atoms with E-state index in [9.17, 15) is 0 Å². The van der Waals surface area contributed by atoms with E-state index in [1.807, 2.05) is 24.3 Å². The van der Waals surface area contributed by atoms with Gasteiger partial charge in [-0.25, -0.2) is 0 Å². The number of rotatable bonds is 6. The highest BCUT2D eigenvalue weighted by Crippen LogP contribution is 2.38. The molecule has 0 fully saturated rings. The molecule has 0 atom stereocenters. The highest BCUT2D eigenvalue weighted by Gasteiger charge is 2.42. The molecule has 65 heavy (non-hydrogen) atoms. The Balaban J connectivity index is 1.03. The lowest BCUT2D eigenvalue weighted by atomic mass is 10.1. The molecular formula is C60H38N2O2Si. The molecule has 5 heteroatoms. The van der Waals surface area contributed by atoms with Crippen LogP contribution in [0.2, 0.25) is 0 Å². The second kappa shape index (κ2) is 13.8. The zero-order valence-electron chi connectivity index (χ0n) is 35.2. The summed E-state index contributed by atoms with van der Waals surface area (Å²) in [6.45, 7) is 0. The lowest BCUT2D eigenvalue weighted by Crippen LogP contribution is -2.74. The van der Waals surface area contributed by atoms with Gasteiger partial charge in [0.2, 0.25) is 0 Å². The molecule has 0 aliphatic rings. The maximum absolute atomic E-state index is 6.27. The second-order valence-electron chi connectivity index (χ2n) is 17.2. The van der Waals surface area contributed by atoms with Gasteiger partial charge in [0.25, 0.3) is 0 Å². The molecule has 4 nitrogen and oxygen atoms in total. The SMILES string of the molecule is c1ccc([Si](c2ccccc2)(c2ccc3c(c2)c2ccccc2n3-c2ccc3oc4ccccc4c3c2)c2ccc3c(c2)c2ccccc2n3-c2ccc3oc4ccccc4c3c2)cc1. The van der Waals surface area contributed by atoms with E-state index in [1.54, 1.807) is 0 Å². The summed E-state index contributed by atoms with van der Waals surface area (Å²) in [5.41, 5.74) is 10.5. The summed E-state index contributed by atoms with van der Waals surface area (Å²) in [6, 6.07) is 84.7. The van der Waals surface area contributed by atoms with Crippen molar-refractivity contribution in [2.24, 2.45) is 0 Å². The molecule has 0 amide bonds. The van der Waals surface area contributed by atoms with Crippen LogP contribution in [-0.2, 0) is 0 Å². The third-order valence-electron chi connectivity index (χ3n) is 13.9. The van der Waals surface area contributed by atoms with Crippen molar-refractivity contribution in [1.29, 1.82) is 0 Å². The minimum absolute atomic E-state index is 0.896. The molecule has 0 unspecified atom stereocenters. The molecule has 0 radical (unpaired) electrons. The topological polar surface area (TPSA) is 36.1 Å². The number of furan rings is 2. The van der Waals surface area contributed by atoms with Gasteiger partial charge in [0.15, 0.2) is 8.07 Å². The van der Waals surface area contributed by atoms with E-state index in [2.05, 4.69) is 215 Å². The molecular weight excluding hydrogens is 809 g/mol. The minimum Gasteiger partial charge on any atom is -0.456 e. The molecule has 4 aromatic heterocycles. The van der Waals surface area contributed by atoms with Gasteiger partial charge in [-0.1, -0.05) is 158 Å². The van der Waals surface area contributed by atoms with Crippen molar-refractivity contribution >= 4 is 116 Å². The maximum Gasteiger partial charge on any atom is 0.179 e. The van der Waals surface area contributed by atoms with E-state index in [4.69, 9.17) is 8.83 Å².